The molecule has 1 aromatic heterocycles. The van der Waals surface area contributed by atoms with E-state index in [-0.39, 0.29) is 5.91 Å². The van der Waals surface area contributed by atoms with Gasteiger partial charge in [-0.3, -0.25) is 9.78 Å². The molecule has 4 nitrogen and oxygen atoms in total. The van der Waals surface area contributed by atoms with E-state index in [0.29, 0.717) is 11.2 Å². The summed E-state index contributed by atoms with van der Waals surface area (Å²) in [6.07, 6.45) is 1.50. The summed E-state index contributed by atoms with van der Waals surface area (Å²) in [5.74, 6) is -0.257. The maximum atomic E-state index is 12.2. The molecule has 0 atom stereocenters. The predicted octanol–water partition coefficient (Wildman–Crippen LogP) is 3.80. The fourth-order valence-electron chi connectivity index (χ4n) is 1.93. The number of hydrogen-bond acceptors (Lipinski definition) is 3. The highest BCUT2D eigenvalue weighted by Gasteiger charge is 2.10. The maximum absolute atomic E-state index is 12.2. The zero-order valence-electron chi connectivity index (χ0n) is 11.3. The van der Waals surface area contributed by atoms with Gasteiger partial charge in [0.15, 0.2) is 0 Å². The lowest BCUT2D eigenvalue weighted by atomic mass is 10.2. The van der Waals surface area contributed by atoms with Crippen molar-refractivity contribution in [3.8, 4) is 0 Å². The van der Waals surface area contributed by atoms with Crippen LogP contribution in [0.1, 0.15) is 16.1 Å². The number of carbonyl (C=O) groups is 1. The summed E-state index contributed by atoms with van der Waals surface area (Å²) >= 11 is 2.24. The molecule has 21 heavy (non-hydrogen) atoms. The molecule has 0 radical (unpaired) electrons. The van der Waals surface area contributed by atoms with Crippen molar-refractivity contribution in [1.29, 1.82) is 0 Å². The first-order valence-electron chi connectivity index (χ1n) is 6.43. The molecule has 5 heteroatoms. The number of para-hydroxylation sites is 2. The van der Waals surface area contributed by atoms with Crippen LogP contribution < -0.4 is 5.32 Å². The van der Waals surface area contributed by atoms with Gasteiger partial charge in [-0.15, -0.1) is 0 Å². The highest BCUT2D eigenvalue weighted by Crippen LogP contribution is 2.18. The lowest BCUT2D eigenvalue weighted by molar-refractivity contribution is 0.102. The Hall–Kier alpha value is -2.02. The first-order valence-corrected chi connectivity index (χ1v) is 7.50. The molecule has 0 fully saturated rings. The van der Waals surface area contributed by atoms with E-state index in [1.54, 1.807) is 0 Å². The normalized spacial score (nSPS) is 10.6. The first-order chi connectivity index (χ1) is 10.1. The molecule has 3 aromatic rings. The van der Waals surface area contributed by atoms with Crippen LogP contribution in [0, 0.1) is 10.5 Å². The fourth-order valence-corrected chi connectivity index (χ4v) is 2.45. The summed E-state index contributed by atoms with van der Waals surface area (Å²) < 4.78 is 1.11. The van der Waals surface area contributed by atoms with Gasteiger partial charge in [0, 0.05) is 9.26 Å². The van der Waals surface area contributed by atoms with Crippen LogP contribution in [0.25, 0.3) is 11.0 Å². The Morgan fingerprint density at radius 2 is 1.90 bits per heavy atom. The van der Waals surface area contributed by atoms with Crippen molar-refractivity contribution in [2.75, 3.05) is 5.32 Å². The summed E-state index contributed by atoms with van der Waals surface area (Å²) in [5.41, 5.74) is 3.73. The average Bonchev–Trinajstić information content (AvgIpc) is 2.50. The number of aromatic nitrogens is 2. The van der Waals surface area contributed by atoms with Gasteiger partial charge in [-0.2, -0.15) is 0 Å². The van der Waals surface area contributed by atoms with Crippen molar-refractivity contribution >= 4 is 45.2 Å². The van der Waals surface area contributed by atoms with Crippen LogP contribution in [0.3, 0.4) is 0 Å². The monoisotopic (exact) mass is 389 g/mol. The Morgan fingerprint density at radius 1 is 1.14 bits per heavy atom. The van der Waals surface area contributed by atoms with Gasteiger partial charge in [-0.25, -0.2) is 4.98 Å². The van der Waals surface area contributed by atoms with E-state index < -0.39 is 0 Å². The van der Waals surface area contributed by atoms with E-state index in [2.05, 4.69) is 37.9 Å². The summed E-state index contributed by atoms with van der Waals surface area (Å²) in [6.45, 7) is 2.03. The highest BCUT2D eigenvalue weighted by atomic mass is 127. The number of amides is 1. The zero-order chi connectivity index (χ0) is 14.8. The molecule has 3 rings (SSSR count). The Morgan fingerprint density at radius 3 is 2.67 bits per heavy atom. The van der Waals surface area contributed by atoms with Crippen LogP contribution >= 0.6 is 22.6 Å². The molecule has 0 aliphatic rings. The second kappa shape index (κ2) is 5.77. The SMILES string of the molecule is Cc1ccc(NC(=O)c2cnc3ccccc3n2)cc1I. The standard InChI is InChI=1S/C16H12IN3O/c1-10-6-7-11(8-12(10)17)19-16(21)15-9-18-13-4-2-3-5-14(13)20-15/h2-9H,1H3,(H,19,21). The zero-order valence-corrected chi connectivity index (χ0v) is 13.5. The Kier molecular flexibility index (Phi) is 3.83. The second-order valence-electron chi connectivity index (χ2n) is 4.66. The third-order valence-corrected chi connectivity index (χ3v) is 4.27. The average molecular weight is 389 g/mol. The molecule has 0 aliphatic carbocycles. The molecular formula is C16H12IN3O. The van der Waals surface area contributed by atoms with E-state index in [1.165, 1.54) is 11.8 Å². The summed E-state index contributed by atoms with van der Waals surface area (Å²) in [6, 6.07) is 13.3. The molecule has 0 unspecified atom stereocenters. The van der Waals surface area contributed by atoms with Gasteiger partial charge < -0.3 is 5.32 Å². The number of benzene rings is 2. The number of nitrogens with one attached hydrogen (secondary N) is 1. The topological polar surface area (TPSA) is 54.9 Å². The third-order valence-electron chi connectivity index (χ3n) is 3.11. The molecule has 104 valence electrons. The van der Waals surface area contributed by atoms with Gasteiger partial charge in [0.25, 0.3) is 5.91 Å². The molecular weight excluding hydrogens is 377 g/mol. The lowest BCUT2D eigenvalue weighted by Crippen LogP contribution is -2.14. The smallest absolute Gasteiger partial charge is 0.275 e. The summed E-state index contributed by atoms with van der Waals surface area (Å²) in [7, 11) is 0. The molecule has 0 bridgehead atoms. The number of rotatable bonds is 2. The Bertz CT molecular complexity index is 833. The minimum Gasteiger partial charge on any atom is -0.321 e. The molecule has 0 spiro atoms. The molecule has 1 heterocycles. The summed E-state index contributed by atoms with van der Waals surface area (Å²) in [4.78, 5) is 20.8. The van der Waals surface area contributed by atoms with Gasteiger partial charge >= 0.3 is 0 Å². The van der Waals surface area contributed by atoms with Gasteiger partial charge in [-0.1, -0.05) is 18.2 Å². The quantitative estimate of drug-likeness (QED) is 0.679. The van der Waals surface area contributed by atoms with Crippen LogP contribution in [0.15, 0.2) is 48.7 Å². The number of aryl methyl sites for hydroxylation is 1. The number of fused-ring (bicyclic) bond motifs is 1. The predicted molar refractivity (Wildman–Crippen MR) is 91.4 cm³/mol. The van der Waals surface area contributed by atoms with Crippen LogP contribution in [0.4, 0.5) is 5.69 Å². The second-order valence-corrected chi connectivity index (χ2v) is 5.82. The number of anilines is 1. The van der Waals surface area contributed by atoms with Crippen molar-refractivity contribution in [2.24, 2.45) is 0 Å². The van der Waals surface area contributed by atoms with Gasteiger partial charge in [0.2, 0.25) is 0 Å². The van der Waals surface area contributed by atoms with E-state index in [0.717, 1.165) is 14.8 Å². The number of halogens is 1. The van der Waals surface area contributed by atoms with Crippen molar-refractivity contribution in [3.05, 3.63) is 63.5 Å². The maximum Gasteiger partial charge on any atom is 0.275 e. The van der Waals surface area contributed by atoms with Crippen LogP contribution in [-0.2, 0) is 0 Å². The fraction of sp³-hybridized carbons (Fsp3) is 0.0625. The number of nitrogens with zero attached hydrogens (tertiary/aromatic N) is 2. The van der Waals surface area contributed by atoms with Crippen molar-refractivity contribution in [2.45, 2.75) is 6.92 Å². The Balaban J connectivity index is 1.87. The largest absolute Gasteiger partial charge is 0.321 e. The van der Waals surface area contributed by atoms with E-state index in [1.807, 2.05) is 49.4 Å². The summed E-state index contributed by atoms with van der Waals surface area (Å²) in [5, 5.41) is 2.84. The molecule has 0 saturated carbocycles. The molecule has 0 aliphatic heterocycles. The molecule has 1 N–H and O–H groups in total. The van der Waals surface area contributed by atoms with Crippen molar-refractivity contribution in [3.63, 3.8) is 0 Å². The highest BCUT2D eigenvalue weighted by molar-refractivity contribution is 14.1. The van der Waals surface area contributed by atoms with Gasteiger partial charge in [0.05, 0.1) is 17.2 Å². The van der Waals surface area contributed by atoms with E-state index >= 15 is 0 Å². The molecule has 0 saturated heterocycles. The molecule has 1 amide bonds. The minimum atomic E-state index is -0.257. The van der Waals surface area contributed by atoms with Crippen molar-refractivity contribution in [1.82, 2.24) is 9.97 Å². The molecule has 2 aromatic carbocycles. The van der Waals surface area contributed by atoms with Crippen LogP contribution in [0.2, 0.25) is 0 Å². The van der Waals surface area contributed by atoms with Crippen molar-refractivity contribution < 1.29 is 4.79 Å². The first kappa shape index (κ1) is 13.9. The van der Waals surface area contributed by atoms with Crippen LogP contribution in [0.5, 0.6) is 0 Å². The third kappa shape index (κ3) is 3.02. The Labute approximate surface area is 135 Å². The van der Waals surface area contributed by atoms with Gasteiger partial charge in [-0.05, 0) is 59.3 Å². The lowest BCUT2D eigenvalue weighted by Gasteiger charge is -2.07. The minimum absolute atomic E-state index is 0.257. The van der Waals surface area contributed by atoms with Gasteiger partial charge in [0.1, 0.15) is 5.69 Å². The number of hydrogen-bond donors (Lipinski definition) is 1. The number of carbonyl (C=O) groups excluding carboxylic acids is 1. The van der Waals surface area contributed by atoms with Crippen LogP contribution in [-0.4, -0.2) is 15.9 Å². The van der Waals surface area contributed by atoms with E-state index in [9.17, 15) is 4.79 Å². The van der Waals surface area contributed by atoms with E-state index in [4.69, 9.17) is 0 Å².